The lowest BCUT2D eigenvalue weighted by Crippen LogP contribution is -2.38. The molecule has 0 spiro atoms. The third-order valence-corrected chi connectivity index (χ3v) is 6.38. The topological polar surface area (TPSA) is 17.4 Å². The van der Waals surface area contributed by atoms with Crippen molar-refractivity contribution in [3.8, 4) is 5.75 Å². The van der Waals surface area contributed by atoms with Crippen molar-refractivity contribution in [2.24, 2.45) is 0 Å². The summed E-state index contributed by atoms with van der Waals surface area (Å²) >= 11 is 0. The minimum absolute atomic E-state index is 0.416. The van der Waals surface area contributed by atoms with Crippen LogP contribution in [0.3, 0.4) is 0 Å². The third kappa shape index (κ3) is 3.14. The number of ether oxygens (including phenoxy) is 1. The van der Waals surface area contributed by atoms with E-state index in [0.29, 0.717) is 12.1 Å². The van der Waals surface area contributed by atoms with Crippen molar-refractivity contribution in [2.75, 3.05) is 14.2 Å². The van der Waals surface area contributed by atoms with Crippen LogP contribution in [0.1, 0.15) is 42.3 Å². The van der Waals surface area contributed by atoms with Crippen LogP contribution in [-0.4, -0.2) is 29.7 Å². The van der Waals surface area contributed by atoms with Crippen molar-refractivity contribution in [2.45, 2.75) is 52.2 Å². The van der Waals surface area contributed by atoms with E-state index in [-0.39, 0.29) is 0 Å². The fourth-order valence-corrected chi connectivity index (χ4v) is 4.49. The Labute approximate surface area is 162 Å². The highest BCUT2D eigenvalue weighted by molar-refractivity contribution is 5.87. The lowest BCUT2D eigenvalue weighted by atomic mass is 9.93. The number of aromatic nitrogens is 1. The Morgan fingerprint density at radius 3 is 2.52 bits per heavy atom. The highest BCUT2D eigenvalue weighted by Gasteiger charge is 2.31. The molecule has 1 aliphatic heterocycles. The zero-order valence-corrected chi connectivity index (χ0v) is 17.1. The average molecular weight is 363 g/mol. The quantitative estimate of drug-likeness (QED) is 0.639. The van der Waals surface area contributed by atoms with Crippen molar-refractivity contribution in [3.63, 3.8) is 0 Å². The van der Waals surface area contributed by atoms with Crippen LogP contribution in [0.2, 0.25) is 0 Å². The van der Waals surface area contributed by atoms with E-state index in [1.165, 1.54) is 33.3 Å². The Morgan fingerprint density at radius 1 is 1.07 bits per heavy atom. The second kappa shape index (κ2) is 7.05. The molecule has 142 valence electrons. The number of benzene rings is 2. The zero-order chi connectivity index (χ0) is 19.1. The van der Waals surface area contributed by atoms with Gasteiger partial charge in [0, 0.05) is 41.6 Å². The largest absolute Gasteiger partial charge is 0.497 e. The Morgan fingerprint density at radius 2 is 1.81 bits per heavy atom. The first-order valence-electron chi connectivity index (χ1n) is 9.96. The van der Waals surface area contributed by atoms with Crippen LogP contribution in [0.15, 0.2) is 42.5 Å². The number of likely N-dealkylation sites (N-methyl/N-ethyl adjacent to an activating group) is 1. The van der Waals surface area contributed by atoms with E-state index in [1.54, 1.807) is 7.11 Å². The fourth-order valence-electron chi connectivity index (χ4n) is 4.49. The maximum absolute atomic E-state index is 5.52. The number of rotatable bonds is 4. The standard InChI is InChI=1S/C24H30N2O/c1-16-6-8-19(9-7-16)12-13-26-22-11-10-20(27-5)15-21(22)24-18(3)25(4)17(2)14-23(24)26/h6-11,15,17-18H,12-14H2,1-5H3. The lowest BCUT2D eigenvalue weighted by Gasteiger charge is -2.37. The first-order valence-corrected chi connectivity index (χ1v) is 9.96. The molecule has 0 bridgehead atoms. The molecule has 0 N–H and O–H groups in total. The lowest BCUT2D eigenvalue weighted by molar-refractivity contribution is 0.177. The molecule has 0 saturated carbocycles. The van der Waals surface area contributed by atoms with E-state index in [0.717, 1.165) is 25.1 Å². The van der Waals surface area contributed by atoms with Crippen molar-refractivity contribution in [3.05, 3.63) is 64.8 Å². The minimum Gasteiger partial charge on any atom is -0.497 e. The van der Waals surface area contributed by atoms with E-state index >= 15 is 0 Å². The van der Waals surface area contributed by atoms with Gasteiger partial charge in [-0.15, -0.1) is 0 Å². The molecule has 3 aromatic rings. The van der Waals surface area contributed by atoms with Gasteiger partial charge in [0.25, 0.3) is 0 Å². The molecule has 2 unspecified atom stereocenters. The van der Waals surface area contributed by atoms with Crippen LogP contribution in [0.25, 0.3) is 10.9 Å². The number of methoxy groups -OCH3 is 1. The van der Waals surface area contributed by atoms with Crippen molar-refractivity contribution in [1.82, 2.24) is 9.47 Å². The number of fused-ring (bicyclic) bond motifs is 3. The van der Waals surface area contributed by atoms with Crippen LogP contribution in [0.4, 0.5) is 0 Å². The molecule has 2 heterocycles. The fraction of sp³-hybridized carbons (Fsp3) is 0.417. The van der Waals surface area contributed by atoms with Gasteiger partial charge in [-0.3, -0.25) is 4.90 Å². The highest BCUT2D eigenvalue weighted by atomic mass is 16.5. The van der Waals surface area contributed by atoms with Gasteiger partial charge < -0.3 is 9.30 Å². The molecular formula is C24H30N2O. The van der Waals surface area contributed by atoms with Gasteiger partial charge in [0.05, 0.1) is 7.11 Å². The number of hydrogen-bond donors (Lipinski definition) is 0. The van der Waals surface area contributed by atoms with Crippen molar-refractivity contribution in [1.29, 1.82) is 0 Å². The Kier molecular flexibility index (Phi) is 4.73. The molecule has 1 aliphatic rings. The van der Waals surface area contributed by atoms with Crippen molar-refractivity contribution >= 4 is 10.9 Å². The first-order chi connectivity index (χ1) is 13.0. The van der Waals surface area contributed by atoms with Gasteiger partial charge in [-0.1, -0.05) is 29.8 Å². The molecule has 0 saturated heterocycles. The molecule has 0 amide bonds. The van der Waals surface area contributed by atoms with E-state index in [9.17, 15) is 0 Å². The molecule has 2 aromatic carbocycles. The zero-order valence-electron chi connectivity index (χ0n) is 17.1. The summed E-state index contributed by atoms with van der Waals surface area (Å²) in [6.07, 6.45) is 2.15. The Balaban J connectivity index is 1.79. The van der Waals surface area contributed by atoms with Crippen LogP contribution in [0.5, 0.6) is 5.75 Å². The van der Waals surface area contributed by atoms with Gasteiger partial charge in [0.1, 0.15) is 5.75 Å². The second-order valence-electron chi connectivity index (χ2n) is 8.03. The van der Waals surface area contributed by atoms with Gasteiger partial charge >= 0.3 is 0 Å². The van der Waals surface area contributed by atoms with Gasteiger partial charge in [0.2, 0.25) is 0 Å². The Bertz CT molecular complexity index is 955. The van der Waals surface area contributed by atoms with Gasteiger partial charge in [-0.25, -0.2) is 0 Å². The average Bonchev–Trinajstić information content (AvgIpc) is 2.98. The van der Waals surface area contributed by atoms with Crippen molar-refractivity contribution < 1.29 is 4.74 Å². The molecule has 2 atom stereocenters. The predicted molar refractivity (Wildman–Crippen MR) is 113 cm³/mol. The van der Waals surface area contributed by atoms with Crippen LogP contribution in [0, 0.1) is 6.92 Å². The number of aryl methyl sites for hydroxylation is 3. The van der Waals surface area contributed by atoms with Gasteiger partial charge in [-0.2, -0.15) is 0 Å². The molecular weight excluding hydrogens is 332 g/mol. The smallest absolute Gasteiger partial charge is 0.119 e. The maximum atomic E-state index is 5.52. The Hall–Kier alpha value is -2.26. The first kappa shape index (κ1) is 18.1. The molecule has 4 rings (SSSR count). The van der Waals surface area contributed by atoms with Crippen LogP contribution < -0.4 is 4.74 Å². The van der Waals surface area contributed by atoms with E-state index in [4.69, 9.17) is 4.74 Å². The van der Waals surface area contributed by atoms with E-state index in [1.807, 2.05) is 0 Å². The summed E-state index contributed by atoms with van der Waals surface area (Å²) in [5.41, 5.74) is 7.04. The molecule has 0 aliphatic carbocycles. The summed E-state index contributed by atoms with van der Waals surface area (Å²) in [7, 11) is 3.99. The molecule has 3 heteroatoms. The highest BCUT2D eigenvalue weighted by Crippen LogP contribution is 2.40. The summed E-state index contributed by atoms with van der Waals surface area (Å²) in [4.78, 5) is 2.49. The molecule has 1 aromatic heterocycles. The van der Waals surface area contributed by atoms with Gasteiger partial charge in [0.15, 0.2) is 0 Å². The van der Waals surface area contributed by atoms with Gasteiger partial charge in [-0.05, 0) is 63.6 Å². The van der Waals surface area contributed by atoms with E-state index < -0.39 is 0 Å². The van der Waals surface area contributed by atoms with Crippen LogP contribution in [-0.2, 0) is 19.4 Å². The summed E-state index contributed by atoms with van der Waals surface area (Å²) in [5.74, 6) is 0.939. The SMILES string of the molecule is COc1ccc2c(c1)c1c(n2CCc2ccc(C)cc2)CC(C)N(C)C1C. The molecule has 3 nitrogen and oxygen atoms in total. The second-order valence-corrected chi connectivity index (χ2v) is 8.03. The number of nitrogens with zero attached hydrogens (tertiary/aromatic N) is 2. The monoisotopic (exact) mass is 362 g/mol. The molecule has 27 heavy (non-hydrogen) atoms. The minimum atomic E-state index is 0.416. The molecule has 0 fully saturated rings. The summed E-state index contributed by atoms with van der Waals surface area (Å²) in [5, 5.41) is 1.35. The maximum Gasteiger partial charge on any atom is 0.119 e. The predicted octanol–water partition coefficient (Wildman–Crippen LogP) is 5.14. The normalized spacial score (nSPS) is 20.0. The summed E-state index contributed by atoms with van der Waals surface area (Å²) in [6.45, 7) is 7.83. The van der Waals surface area contributed by atoms with E-state index in [2.05, 4.69) is 79.8 Å². The number of hydrogen-bond acceptors (Lipinski definition) is 2. The summed E-state index contributed by atoms with van der Waals surface area (Å²) < 4.78 is 8.08. The molecule has 0 radical (unpaired) electrons. The van der Waals surface area contributed by atoms with Crippen LogP contribution >= 0.6 is 0 Å². The third-order valence-electron chi connectivity index (χ3n) is 6.38. The summed E-state index contributed by atoms with van der Waals surface area (Å²) in [6, 6.07) is 16.5.